The van der Waals surface area contributed by atoms with Gasteiger partial charge in [0.05, 0.1) is 15.7 Å². The second kappa shape index (κ2) is 7.77. The van der Waals surface area contributed by atoms with E-state index in [-0.39, 0.29) is 15.3 Å². The van der Waals surface area contributed by atoms with Gasteiger partial charge in [-0.25, -0.2) is 8.42 Å². The molecule has 134 valence electrons. The number of carbonyl (C=O) groups excluding carboxylic acids is 2. The van der Waals surface area contributed by atoms with Crippen molar-refractivity contribution in [3.8, 4) is 0 Å². The number of carboxylic acid groups (broad SMARTS) is 1. The van der Waals surface area contributed by atoms with E-state index in [4.69, 9.17) is 0 Å². The first-order chi connectivity index (χ1) is 11.8. The lowest BCUT2D eigenvalue weighted by molar-refractivity contribution is -0.255. The van der Waals surface area contributed by atoms with Crippen LogP contribution in [0.2, 0.25) is 0 Å². The Labute approximate surface area is 150 Å². The number of nitrogens with one attached hydrogen (secondary N) is 1. The largest absolute Gasteiger partial charge is 0.545 e. The Kier molecular flexibility index (Phi) is 5.93. The van der Waals surface area contributed by atoms with Crippen LogP contribution in [0.4, 0.5) is 5.69 Å². The number of anilines is 1. The Morgan fingerprint density at radius 2 is 1.76 bits per heavy atom. The average Bonchev–Trinajstić information content (AvgIpc) is 3.07. The van der Waals surface area contributed by atoms with Crippen molar-refractivity contribution in [2.45, 2.75) is 18.7 Å². The van der Waals surface area contributed by atoms with Crippen LogP contribution in [0.1, 0.15) is 33.9 Å². The van der Waals surface area contributed by atoms with Crippen LogP contribution < -0.4 is 10.4 Å². The molecule has 9 heteroatoms. The van der Waals surface area contributed by atoms with Gasteiger partial charge in [-0.15, -0.1) is 11.3 Å². The van der Waals surface area contributed by atoms with Gasteiger partial charge in [0.25, 0.3) is 5.91 Å². The maximum atomic E-state index is 12.4. The van der Waals surface area contributed by atoms with Crippen LogP contribution in [0.3, 0.4) is 0 Å². The molecule has 0 radical (unpaired) electrons. The molecule has 2 rings (SSSR count). The van der Waals surface area contributed by atoms with Crippen molar-refractivity contribution >= 4 is 38.9 Å². The Morgan fingerprint density at radius 3 is 2.28 bits per heavy atom. The molecule has 25 heavy (non-hydrogen) atoms. The molecule has 0 atom stereocenters. The first-order valence-electron chi connectivity index (χ1n) is 7.51. The highest BCUT2D eigenvalue weighted by atomic mass is 32.2. The van der Waals surface area contributed by atoms with Gasteiger partial charge in [-0.2, -0.15) is 4.31 Å². The number of amides is 1. The van der Waals surface area contributed by atoms with E-state index in [1.165, 1.54) is 40.0 Å². The molecule has 1 N–H and O–H groups in total. The summed E-state index contributed by atoms with van der Waals surface area (Å²) in [5, 5.41) is 14.7. The standard InChI is InChI=1S/C16H18N2O5S2/c1-3-18(4-2)25(22,23)13-9-14(24-10-13)15(19)17-12-7-5-11(6-8-12)16(20)21/h5-10H,3-4H2,1-2H3,(H,17,19)(H,20,21)/p-1. The predicted molar refractivity (Wildman–Crippen MR) is 93.2 cm³/mol. The molecule has 1 aromatic heterocycles. The summed E-state index contributed by atoms with van der Waals surface area (Å²) in [5.74, 6) is -1.77. The molecule has 2 aromatic rings. The van der Waals surface area contributed by atoms with Gasteiger partial charge in [0.2, 0.25) is 10.0 Å². The fourth-order valence-corrected chi connectivity index (χ4v) is 4.78. The molecule has 0 aliphatic rings. The van der Waals surface area contributed by atoms with Crippen molar-refractivity contribution in [2.75, 3.05) is 18.4 Å². The lowest BCUT2D eigenvalue weighted by Crippen LogP contribution is -2.30. The second-order valence-corrected chi connectivity index (χ2v) is 7.90. The minimum absolute atomic E-state index is 0.00160. The van der Waals surface area contributed by atoms with Gasteiger partial charge in [-0.1, -0.05) is 26.0 Å². The Bertz CT molecular complexity index is 868. The van der Waals surface area contributed by atoms with Crippen molar-refractivity contribution < 1.29 is 23.1 Å². The fraction of sp³-hybridized carbons (Fsp3) is 0.250. The zero-order valence-electron chi connectivity index (χ0n) is 13.7. The SMILES string of the molecule is CCN(CC)S(=O)(=O)c1csc(C(=O)Nc2ccc(C(=O)[O-])cc2)c1. The third kappa shape index (κ3) is 4.25. The monoisotopic (exact) mass is 381 g/mol. The van der Waals surface area contributed by atoms with Crippen molar-refractivity contribution in [3.05, 3.63) is 46.2 Å². The molecule has 1 amide bonds. The summed E-state index contributed by atoms with van der Waals surface area (Å²) in [5.41, 5.74) is 0.401. The molecule has 0 bridgehead atoms. The molecule has 7 nitrogen and oxygen atoms in total. The van der Waals surface area contributed by atoms with E-state index in [2.05, 4.69) is 5.32 Å². The number of aromatic carboxylic acids is 1. The number of thiophene rings is 1. The van der Waals surface area contributed by atoms with E-state index < -0.39 is 21.9 Å². The van der Waals surface area contributed by atoms with Gasteiger partial charge >= 0.3 is 0 Å². The summed E-state index contributed by atoms with van der Waals surface area (Å²) >= 11 is 1.03. The molecule has 0 aliphatic heterocycles. The molecule has 0 unspecified atom stereocenters. The van der Waals surface area contributed by atoms with E-state index >= 15 is 0 Å². The van der Waals surface area contributed by atoms with Crippen LogP contribution in [0.15, 0.2) is 40.6 Å². The second-order valence-electron chi connectivity index (χ2n) is 5.05. The fourth-order valence-electron chi connectivity index (χ4n) is 2.17. The van der Waals surface area contributed by atoms with Gasteiger partial charge in [0.1, 0.15) is 0 Å². The quantitative estimate of drug-likeness (QED) is 0.780. The highest BCUT2D eigenvalue weighted by molar-refractivity contribution is 7.89. The topological polar surface area (TPSA) is 107 Å². The van der Waals surface area contributed by atoms with E-state index in [1.807, 2.05) is 0 Å². The first kappa shape index (κ1) is 19.1. The molecule has 0 aliphatic carbocycles. The summed E-state index contributed by atoms with van der Waals surface area (Å²) in [6.07, 6.45) is 0. The molecule has 0 spiro atoms. The predicted octanol–water partition coefficient (Wildman–Crippen LogP) is 1.39. The highest BCUT2D eigenvalue weighted by Crippen LogP contribution is 2.23. The van der Waals surface area contributed by atoms with Crippen LogP contribution in [0.25, 0.3) is 0 Å². The Hall–Kier alpha value is -2.23. The van der Waals surface area contributed by atoms with Crippen molar-refractivity contribution in [2.24, 2.45) is 0 Å². The first-order valence-corrected chi connectivity index (χ1v) is 9.83. The van der Waals surface area contributed by atoms with Crippen molar-refractivity contribution in [1.82, 2.24) is 4.31 Å². The number of rotatable bonds is 7. The van der Waals surface area contributed by atoms with Gasteiger partial charge in [-0.3, -0.25) is 4.79 Å². The maximum absolute atomic E-state index is 12.4. The van der Waals surface area contributed by atoms with Crippen LogP contribution >= 0.6 is 11.3 Å². The molecular formula is C16H17N2O5S2-. The molecule has 0 fully saturated rings. The number of sulfonamides is 1. The van der Waals surface area contributed by atoms with Gasteiger partial charge in [-0.05, 0) is 23.8 Å². The maximum Gasteiger partial charge on any atom is 0.265 e. The average molecular weight is 381 g/mol. The lowest BCUT2D eigenvalue weighted by atomic mass is 10.2. The highest BCUT2D eigenvalue weighted by Gasteiger charge is 2.24. The number of carbonyl (C=O) groups is 2. The lowest BCUT2D eigenvalue weighted by Gasteiger charge is -2.17. The molecule has 0 saturated carbocycles. The number of carboxylic acids is 1. The van der Waals surface area contributed by atoms with Crippen molar-refractivity contribution in [1.29, 1.82) is 0 Å². The zero-order chi connectivity index (χ0) is 18.6. The Balaban J connectivity index is 2.16. The summed E-state index contributed by atoms with van der Waals surface area (Å²) in [6, 6.07) is 6.84. The van der Waals surface area contributed by atoms with E-state index in [1.54, 1.807) is 13.8 Å². The van der Waals surface area contributed by atoms with Crippen molar-refractivity contribution in [3.63, 3.8) is 0 Å². The summed E-state index contributed by atoms with van der Waals surface area (Å²) in [6.45, 7) is 4.19. The third-order valence-electron chi connectivity index (χ3n) is 3.52. The van der Waals surface area contributed by atoms with Crippen LogP contribution in [0, 0.1) is 0 Å². The van der Waals surface area contributed by atoms with E-state index in [9.17, 15) is 23.1 Å². The molecule has 0 saturated heterocycles. The van der Waals surface area contributed by atoms with Gasteiger partial charge in [0.15, 0.2) is 0 Å². The van der Waals surface area contributed by atoms with Gasteiger partial charge < -0.3 is 15.2 Å². The van der Waals surface area contributed by atoms with Crippen LogP contribution in [-0.2, 0) is 10.0 Å². The van der Waals surface area contributed by atoms with Crippen LogP contribution in [0.5, 0.6) is 0 Å². The summed E-state index contributed by atoms with van der Waals surface area (Å²) in [4.78, 5) is 23.3. The minimum Gasteiger partial charge on any atom is -0.545 e. The molecule has 1 aromatic carbocycles. The number of benzene rings is 1. The van der Waals surface area contributed by atoms with Gasteiger partial charge in [0, 0.05) is 24.2 Å². The number of hydrogen-bond donors (Lipinski definition) is 1. The Morgan fingerprint density at radius 1 is 1.16 bits per heavy atom. The minimum atomic E-state index is -3.61. The summed E-state index contributed by atoms with van der Waals surface area (Å²) in [7, 11) is -3.61. The van der Waals surface area contributed by atoms with E-state index in [0.717, 1.165) is 11.3 Å². The number of hydrogen-bond acceptors (Lipinski definition) is 6. The zero-order valence-corrected chi connectivity index (χ0v) is 15.3. The smallest absolute Gasteiger partial charge is 0.265 e. The normalized spacial score (nSPS) is 11.5. The molecular weight excluding hydrogens is 364 g/mol. The number of nitrogens with zero attached hydrogens (tertiary/aromatic N) is 1. The third-order valence-corrected chi connectivity index (χ3v) is 6.63. The molecule has 1 heterocycles. The summed E-state index contributed by atoms with van der Waals surface area (Å²) < 4.78 is 26.2. The van der Waals surface area contributed by atoms with E-state index in [0.29, 0.717) is 18.8 Å². The van der Waals surface area contributed by atoms with Crippen LogP contribution in [-0.4, -0.2) is 37.7 Å².